The lowest BCUT2D eigenvalue weighted by Gasteiger charge is -2.18. The largest absolute Gasteiger partial charge is 0.387 e. The van der Waals surface area contributed by atoms with E-state index >= 15 is 0 Å². The number of hydrogen-bond acceptors (Lipinski definition) is 2. The van der Waals surface area contributed by atoms with Crippen LogP contribution in [0.4, 0.5) is 0 Å². The molecule has 76 valence electrons. The van der Waals surface area contributed by atoms with Crippen molar-refractivity contribution in [1.82, 2.24) is 0 Å². The van der Waals surface area contributed by atoms with Gasteiger partial charge in [0.05, 0.1) is 5.71 Å². The van der Waals surface area contributed by atoms with Gasteiger partial charge in [-0.05, 0) is 24.5 Å². The van der Waals surface area contributed by atoms with Crippen molar-refractivity contribution in [2.24, 2.45) is 11.1 Å². The van der Waals surface area contributed by atoms with Crippen LogP contribution in [0.25, 0.3) is 0 Å². The molecule has 0 amide bonds. The lowest BCUT2D eigenvalue weighted by atomic mass is 9.85. The van der Waals surface area contributed by atoms with Crippen LogP contribution in [0.3, 0.4) is 0 Å². The quantitative estimate of drug-likeness (QED) is 0.637. The Morgan fingerprint density at radius 2 is 2.07 bits per heavy atom. The second kappa shape index (κ2) is 3.54. The molecule has 0 spiro atoms. The second-order valence-electron chi connectivity index (χ2n) is 4.02. The van der Waals surface area contributed by atoms with Gasteiger partial charge in [0.25, 0.3) is 0 Å². The van der Waals surface area contributed by atoms with E-state index in [1.54, 1.807) is 0 Å². The molecule has 0 radical (unpaired) electrons. The number of nitrogens with zero attached hydrogens (tertiary/aromatic N) is 1. The maximum atomic E-state index is 5.43. The molecule has 0 saturated heterocycles. The fourth-order valence-corrected chi connectivity index (χ4v) is 2.27. The molecule has 15 heavy (non-hydrogen) atoms. The molecular weight excluding hydrogens is 186 g/mol. The van der Waals surface area contributed by atoms with E-state index in [4.69, 9.17) is 4.84 Å². The first-order valence-corrected chi connectivity index (χ1v) is 5.41. The Bertz CT molecular complexity index is 408. The van der Waals surface area contributed by atoms with E-state index in [9.17, 15) is 0 Å². The van der Waals surface area contributed by atoms with Gasteiger partial charge in [-0.2, -0.15) is 0 Å². The lowest BCUT2D eigenvalue weighted by molar-refractivity contribution is 0.0919. The van der Waals surface area contributed by atoms with Crippen LogP contribution in [0, 0.1) is 5.92 Å². The molecule has 2 unspecified atom stereocenters. The summed E-state index contributed by atoms with van der Waals surface area (Å²) in [5.74, 6) is 0.456. The van der Waals surface area contributed by atoms with Crippen molar-refractivity contribution in [2.45, 2.75) is 18.9 Å². The van der Waals surface area contributed by atoms with Crippen molar-refractivity contribution in [3.8, 4) is 0 Å². The minimum atomic E-state index is 0.175. The predicted molar refractivity (Wildman–Crippen MR) is 59.7 cm³/mol. The molecule has 0 N–H and O–H groups in total. The summed E-state index contributed by atoms with van der Waals surface area (Å²) in [6, 6.07) is 10.3. The molecule has 1 aromatic carbocycles. The first-order chi connectivity index (χ1) is 7.45. The molecule has 1 aliphatic carbocycles. The molecule has 0 saturated carbocycles. The van der Waals surface area contributed by atoms with Crippen LogP contribution in [-0.4, -0.2) is 11.8 Å². The number of allylic oxidation sites excluding steroid dienone is 1. The van der Waals surface area contributed by atoms with E-state index in [1.807, 2.05) is 18.2 Å². The van der Waals surface area contributed by atoms with Gasteiger partial charge in [0, 0.05) is 5.92 Å². The fraction of sp³-hybridized carbons (Fsp3) is 0.308. The van der Waals surface area contributed by atoms with E-state index in [0.717, 1.165) is 18.6 Å². The van der Waals surface area contributed by atoms with E-state index in [2.05, 4.69) is 29.4 Å². The van der Waals surface area contributed by atoms with Gasteiger partial charge in [-0.25, -0.2) is 0 Å². The molecule has 2 aliphatic rings. The first-order valence-electron chi connectivity index (χ1n) is 5.41. The zero-order valence-corrected chi connectivity index (χ0v) is 8.47. The molecule has 1 aliphatic heterocycles. The molecule has 0 fully saturated rings. The van der Waals surface area contributed by atoms with E-state index < -0.39 is 0 Å². The topological polar surface area (TPSA) is 21.6 Å². The average Bonchev–Trinajstić information content (AvgIpc) is 2.74. The van der Waals surface area contributed by atoms with Gasteiger partial charge in [-0.3, -0.25) is 0 Å². The standard InChI is InChI=1S/C13H13NO/c1-2-6-10(7-3-1)13-11-8-4-5-9-12(11)15-14-13/h1-3,5-7,9,11-12H,4,8H2. The summed E-state index contributed by atoms with van der Waals surface area (Å²) in [4.78, 5) is 5.43. The summed E-state index contributed by atoms with van der Waals surface area (Å²) < 4.78 is 0. The highest BCUT2D eigenvalue weighted by molar-refractivity contribution is 6.03. The van der Waals surface area contributed by atoms with Crippen LogP contribution in [0.5, 0.6) is 0 Å². The normalized spacial score (nSPS) is 28.1. The molecule has 1 aromatic rings. The van der Waals surface area contributed by atoms with Crippen LogP contribution >= 0.6 is 0 Å². The number of fused-ring (bicyclic) bond motifs is 1. The molecule has 2 nitrogen and oxygen atoms in total. The molecule has 3 rings (SSSR count). The van der Waals surface area contributed by atoms with Gasteiger partial charge in [-0.1, -0.05) is 41.6 Å². The summed E-state index contributed by atoms with van der Waals surface area (Å²) in [7, 11) is 0. The maximum absolute atomic E-state index is 5.43. The SMILES string of the molecule is C1=CC2ON=C(c3ccccc3)C2CC1. The van der Waals surface area contributed by atoms with Crippen molar-refractivity contribution >= 4 is 5.71 Å². The highest BCUT2D eigenvalue weighted by Crippen LogP contribution is 2.30. The summed E-state index contributed by atoms with van der Waals surface area (Å²) in [6.45, 7) is 0. The van der Waals surface area contributed by atoms with E-state index in [1.165, 1.54) is 5.56 Å². The summed E-state index contributed by atoms with van der Waals surface area (Å²) in [5, 5.41) is 4.22. The van der Waals surface area contributed by atoms with E-state index in [-0.39, 0.29) is 6.10 Å². The number of oxime groups is 1. The third-order valence-corrected chi connectivity index (χ3v) is 3.06. The average molecular weight is 199 g/mol. The monoisotopic (exact) mass is 199 g/mol. The third-order valence-electron chi connectivity index (χ3n) is 3.06. The van der Waals surface area contributed by atoms with Crippen molar-refractivity contribution in [2.75, 3.05) is 0 Å². The summed E-state index contributed by atoms with van der Waals surface area (Å²) in [5.41, 5.74) is 2.31. The van der Waals surface area contributed by atoms with Crippen LogP contribution < -0.4 is 0 Å². The molecule has 2 atom stereocenters. The minimum absolute atomic E-state index is 0.175. The Morgan fingerprint density at radius 3 is 2.93 bits per heavy atom. The van der Waals surface area contributed by atoms with Gasteiger partial charge in [-0.15, -0.1) is 0 Å². The minimum Gasteiger partial charge on any atom is -0.387 e. The van der Waals surface area contributed by atoms with Gasteiger partial charge in [0.2, 0.25) is 0 Å². The number of hydrogen-bond donors (Lipinski definition) is 0. The van der Waals surface area contributed by atoms with Crippen LogP contribution in [-0.2, 0) is 4.84 Å². The fourth-order valence-electron chi connectivity index (χ4n) is 2.27. The number of benzene rings is 1. The second-order valence-corrected chi connectivity index (χ2v) is 4.02. The van der Waals surface area contributed by atoms with Crippen LogP contribution in [0.1, 0.15) is 18.4 Å². The van der Waals surface area contributed by atoms with E-state index in [0.29, 0.717) is 5.92 Å². The zero-order chi connectivity index (χ0) is 10.1. The van der Waals surface area contributed by atoms with Crippen LogP contribution in [0.15, 0.2) is 47.6 Å². The van der Waals surface area contributed by atoms with Crippen molar-refractivity contribution < 1.29 is 4.84 Å². The Balaban J connectivity index is 1.92. The Morgan fingerprint density at radius 1 is 1.20 bits per heavy atom. The van der Waals surface area contributed by atoms with Crippen LogP contribution in [0.2, 0.25) is 0 Å². The lowest BCUT2D eigenvalue weighted by Crippen LogP contribution is -2.24. The first kappa shape index (κ1) is 8.72. The van der Waals surface area contributed by atoms with Crippen molar-refractivity contribution in [3.05, 3.63) is 48.0 Å². The smallest absolute Gasteiger partial charge is 0.154 e. The third kappa shape index (κ3) is 1.46. The van der Waals surface area contributed by atoms with Crippen molar-refractivity contribution in [1.29, 1.82) is 0 Å². The highest BCUT2D eigenvalue weighted by Gasteiger charge is 2.34. The van der Waals surface area contributed by atoms with Gasteiger partial charge < -0.3 is 4.84 Å². The van der Waals surface area contributed by atoms with Gasteiger partial charge >= 0.3 is 0 Å². The van der Waals surface area contributed by atoms with Crippen molar-refractivity contribution in [3.63, 3.8) is 0 Å². The zero-order valence-electron chi connectivity index (χ0n) is 8.47. The molecule has 2 heteroatoms. The molecular formula is C13H13NO. The molecule has 0 bridgehead atoms. The Labute approximate surface area is 89.2 Å². The molecule has 1 heterocycles. The highest BCUT2D eigenvalue weighted by atomic mass is 16.6. The number of rotatable bonds is 1. The Hall–Kier alpha value is -1.57. The summed E-state index contributed by atoms with van der Waals surface area (Å²) >= 11 is 0. The Kier molecular flexibility index (Phi) is 2.05. The maximum Gasteiger partial charge on any atom is 0.154 e. The van der Waals surface area contributed by atoms with Gasteiger partial charge in [0.15, 0.2) is 6.10 Å². The molecule has 0 aromatic heterocycles. The van der Waals surface area contributed by atoms with Gasteiger partial charge in [0.1, 0.15) is 0 Å². The predicted octanol–water partition coefficient (Wildman–Crippen LogP) is 2.76. The summed E-state index contributed by atoms with van der Waals surface area (Å²) in [6.07, 6.45) is 6.78.